The van der Waals surface area contributed by atoms with Crippen molar-refractivity contribution in [3.63, 3.8) is 0 Å². The molecule has 0 saturated carbocycles. The zero-order valence-corrected chi connectivity index (χ0v) is 17.2. The zero-order chi connectivity index (χ0) is 21.8. The first-order valence-corrected chi connectivity index (χ1v) is 10.3. The van der Waals surface area contributed by atoms with E-state index >= 15 is 0 Å². The lowest BCUT2D eigenvalue weighted by Crippen LogP contribution is -2.59. The first kappa shape index (κ1) is 20.5. The van der Waals surface area contributed by atoms with Crippen LogP contribution < -0.4 is 0 Å². The lowest BCUT2D eigenvalue weighted by atomic mass is 9.86. The van der Waals surface area contributed by atoms with Crippen LogP contribution in [0.3, 0.4) is 0 Å². The van der Waals surface area contributed by atoms with Crippen molar-refractivity contribution in [2.45, 2.75) is 36.4 Å². The Morgan fingerprint density at radius 2 is 2.00 bits per heavy atom. The van der Waals surface area contributed by atoms with E-state index in [1.807, 2.05) is 18.2 Å². The van der Waals surface area contributed by atoms with E-state index in [0.717, 1.165) is 10.9 Å². The molecule has 3 heterocycles. The van der Waals surface area contributed by atoms with E-state index in [4.69, 9.17) is 30.8 Å². The molecule has 0 aliphatic carbocycles. The number of aliphatic hydroxyl groups excluding tert-OH is 3. The van der Waals surface area contributed by atoms with Crippen LogP contribution in [0.25, 0.3) is 11.0 Å². The first-order chi connectivity index (χ1) is 14.9. The number of rotatable bonds is 4. The molecule has 0 radical (unpaired) electrons. The van der Waals surface area contributed by atoms with Gasteiger partial charge in [0.25, 0.3) is 0 Å². The Labute approximate surface area is 183 Å². The fraction of sp³-hybridized carbons (Fsp3) is 0.348. The highest BCUT2D eigenvalue weighted by atomic mass is 35.5. The molecule has 2 aliphatic rings. The average Bonchev–Trinajstić information content (AvgIpc) is 3.33. The number of nitrogens with zero attached hydrogens (tertiary/aromatic N) is 1. The molecule has 8 heteroatoms. The van der Waals surface area contributed by atoms with Crippen LogP contribution in [-0.2, 0) is 21.7 Å². The van der Waals surface area contributed by atoms with Crippen LogP contribution in [0.1, 0.15) is 28.9 Å². The molecule has 2 aromatic carbocycles. The molecule has 160 valence electrons. The Bertz CT molecular complexity index is 1200. The molecule has 1 aromatic heterocycles. The number of fused-ring (bicyclic) bond motifs is 3. The third-order valence-corrected chi connectivity index (χ3v) is 6.49. The first-order valence-electron chi connectivity index (χ1n) is 9.91. The van der Waals surface area contributed by atoms with Crippen LogP contribution >= 0.6 is 11.6 Å². The summed E-state index contributed by atoms with van der Waals surface area (Å²) in [7, 11) is 0. The second kappa shape index (κ2) is 7.31. The summed E-state index contributed by atoms with van der Waals surface area (Å²) in [5.41, 5.74) is 1.18. The SMILES string of the molecule is N#Cc1ccc2cc(Cc3cc([C@]45CC(O)[C@H](O)[C@](CO)(CO4)O5)ccc3Cl)oc2c1. The molecule has 2 aliphatic heterocycles. The van der Waals surface area contributed by atoms with Crippen molar-refractivity contribution in [1.29, 1.82) is 5.26 Å². The van der Waals surface area contributed by atoms with Crippen molar-refractivity contribution in [2.24, 2.45) is 0 Å². The van der Waals surface area contributed by atoms with Gasteiger partial charge in [0.1, 0.15) is 23.0 Å². The van der Waals surface area contributed by atoms with Gasteiger partial charge in [0.15, 0.2) is 5.79 Å². The standard InChI is InChI=1S/C23H20ClNO6/c24-18-4-3-16(23-9-19(27)21(28)22(11-26,31-23)12-29-23)6-15(18)8-17-7-14-2-1-13(10-25)5-20(14)30-17/h1-7,19,21,26-28H,8-9,11-12H2/t19?,21-,22-,23+/m0/s1. The Hall–Kier alpha value is -2.44. The molecule has 4 atom stereocenters. The van der Waals surface area contributed by atoms with Gasteiger partial charge in [0.2, 0.25) is 0 Å². The van der Waals surface area contributed by atoms with E-state index in [1.165, 1.54) is 0 Å². The predicted octanol–water partition coefficient (Wildman–Crippen LogP) is 2.60. The molecule has 3 aromatic rings. The van der Waals surface area contributed by atoms with Gasteiger partial charge in [0, 0.05) is 28.8 Å². The number of halogens is 1. The van der Waals surface area contributed by atoms with Crippen molar-refractivity contribution in [3.8, 4) is 6.07 Å². The fourth-order valence-corrected chi connectivity index (χ4v) is 4.60. The van der Waals surface area contributed by atoms with Gasteiger partial charge in [-0.3, -0.25) is 0 Å². The third kappa shape index (κ3) is 3.24. The molecule has 31 heavy (non-hydrogen) atoms. The van der Waals surface area contributed by atoms with Crippen molar-refractivity contribution < 1.29 is 29.2 Å². The van der Waals surface area contributed by atoms with E-state index in [2.05, 4.69) is 6.07 Å². The lowest BCUT2D eigenvalue weighted by Gasteiger charge is -2.42. The predicted molar refractivity (Wildman–Crippen MR) is 110 cm³/mol. The number of hydrogen-bond donors (Lipinski definition) is 3. The molecule has 2 fully saturated rings. The molecule has 0 spiro atoms. The molecule has 7 nitrogen and oxygen atoms in total. The minimum absolute atomic E-state index is 0.0264. The van der Waals surface area contributed by atoms with Gasteiger partial charge in [0.05, 0.1) is 31.0 Å². The second-order valence-electron chi connectivity index (χ2n) is 8.14. The fourth-order valence-electron chi connectivity index (χ4n) is 4.42. The molecule has 3 N–H and O–H groups in total. The minimum Gasteiger partial charge on any atom is -0.461 e. The zero-order valence-electron chi connectivity index (χ0n) is 16.4. The Balaban J connectivity index is 1.48. The number of ether oxygens (including phenoxy) is 2. The van der Waals surface area contributed by atoms with Gasteiger partial charge in [-0.1, -0.05) is 17.7 Å². The van der Waals surface area contributed by atoms with Crippen LogP contribution in [0.15, 0.2) is 46.9 Å². The van der Waals surface area contributed by atoms with Crippen molar-refractivity contribution in [1.82, 2.24) is 0 Å². The van der Waals surface area contributed by atoms with Crippen molar-refractivity contribution in [2.75, 3.05) is 13.2 Å². The minimum atomic E-state index is -1.37. The van der Waals surface area contributed by atoms with E-state index in [-0.39, 0.29) is 13.0 Å². The normalized spacial score (nSPS) is 29.9. The van der Waals surface area contributed by atoms with E-state index in [9.17, 15) is 15.3 Å². The molecular weight excluding hydrogens is 422 g/mol. The number of hydrogen-bond acceptors (Lipinski definition) is 7. The molecule has 5 rings (SSSR count). The summed E-state index contributed by atoms with van der Waals surface area (Å²) in [6.07, 6.45) is -1.92. The topological polar surface area (TPSA) is 116 Å². The quantitative estimate of drug-likeness (QED) is 0.569. The Kier molecular flexibility index (Phi) is 4.83. The second-order valence-corrected chi connectivity index (χ2v) is 8.55. The highest BCUT2D eigenvalue weighted by Crippen LogP contribution is 2.49. The van der Waals surface area contributed by atoms with E-state index in [1.54, 1.807) is 24.3 Å². The summed E-state index contributed by atoms with van der Waals surface area (Å²) in [5.74, 6) is -0.602. The van der Waals surface area contributed by atoms with Gasteiger partial charge in [-0.15, -0.1) is 0 Å². The number of aliphatic hydroxyl groups is 3. The molecule has 0 amide bonds. The summed E-state index contributed by atoms with van der Waals surface area (Å²) in [4.78, 5) is 0. The maximum Gasteiger partial charge on any atom is 0.198 e. The van der Waals surface area contributed by atoms with Gasteiger partial charge in [-0.25, -0.2) is 0 Å². The molecule has 1 unspecified atom stereocenters. The molecular formula is C23H20ClNO6. The van der Waals surface area contributed by atoms with Gasteiger partial charge in [-0.05, 0) is 42.0 Å². The number of nitriles is 1. The van der Waals surface area contributed by atoms with Crippen LogP contribution in [-0.4, -0.2) is 46.3 Å². The van der Waals surface area contributed by atoms with Gasteiger partial charge in [-0.2, -0.15) is 5.26 Å². The van der Waals surface area contributed by atoms with Gasteiger partial charge < -0.3 is 29.2 Å². The average molecular weight is 442 g/mol. The highest BCUT2D eigenvalue weighted by molar-refractivity contribution is 6.31. The van der Waals surface area contributed by atoms with Crippen LogP contribution in [0, 0.1) is 11.3 Å². The summed E-state index contributed by atoms with van der Waals surface area (Å²) < 4.78 is 17.8. The molecule has 2 bridgehead atoms. The van der Waals surface area contributed by atoms with E-state index < -0.39 is 30.2 Å². The van der Waals surface area contributed by atoms with Crippen LogP contribution in [0.2, 0.25) is 5.02 Å². The smallest absolute Gasteiger partial charge is 0.198 e. The van der Waals surface area contributed by atoms with Crippen molar-refractivity contribution >= 4 is 22.6 Å². The van der Waals surface area contributed by atoms with Crippen LogP contribution in [0.4, 0.5) is 0 Å². The summed E-state index contributed by atoms with van der Waals surface area (Å²) >= 11 is 6.44. The van der Waals surface area contributed by atoms with E-state index in [0.29, 0.717) is 33.9 Å². The van der Waals surface area contributed by atoms with Gasteiger partial charge >= 0.3 is 0 Å². The van der Waals surface area contributed by atoms with Crippen LogP contribution in [0.5, 0.6) is 0 Å². The Morgan fingerprint density at radius 3 is 2.77 bits per heavy atom. The number of furan rings is 1. The summed E-state index contributed by atoms with van der Waals surface area (Å²) in [6.45, 7) is -0.512. The number of benzene rings is 2. The van der Waals surface area contributed by atoms with Crippen molar-refractivity contribution in [3.05, 3.63) is 69.9 Å². The maximum atomic E-state index is 10.4. The third-order valence-electron chi connectivity index (χ3n) is 6.12. The maximum absolute atomic E-state index is 10.4. The monoisotopic (exact) mass is 441 g/mol. The molecule has 2 saturated heterocycles. The highest BCUT2D eigenvalue weighted by Gasteiger charge is 2.62. The summed E-state index contributed by atoms with van der Waals surface area (Å²) in [5, 5.41) is 41.0. The summed E-state index contributed by atoms with van der Waals surface area (Å²) in [6, 6.07) is 14.6. The largest absolute Gasteiger partial charge is 0.461 e. The Morgan fingerprint density at radius 1 is 1.16 bits per heavy atom. The lowest BCUT2D eigenvalue weighted by molar-refractivity contribution is -0.281.